The molecule has 0 rings (SSSR count). The van der Waals surface area contributed by atoms with E-state index in [0.717, 1.165) is 38.5 Å². The number of hydrogen-bond acceptors (Lipinski definition) is 2. The van der Waals surface area contributed by atoms with Gasteiger partial charge in [0.15, 0.2) is 0 Å². The number of carbonyl (C=O) groups is 1. The molecule has 0 aromatic carbocycles. The molecule has 0 bridgehead atoms. The van der Waals surface area contributed by atoms with Gasteiger partial charge in [0, 0.05) is 12.5 Å². The molecule has 0 aromatic rings. The molecule has 96 valence electrons. The highest BCUT2D eigenvalue weighted by atomic mass is 16.3. The molecule has 0 aromatic heterocycles. The molecule has 0 heterocycles. The van der Waals surface area contributed by atoms with E-state index in [2.05, 4.69) is 19.2 Å². The SMILES string of the molecule is CCCC(CCC)C(=O)NCCCC(C)O. The van der Waals surface area contributed by atoms with E-state index in [1.54, 1.807) is 6.92 Å². The van der Waals surface area contributed by atoms with E-state index < -0.39 is 0 Å². The van der Waals surface area contributed by atoms with Crippen molar-refractivity contribution in [2.45, 2.75) is 65.4 Å². The molecular formula is C13H27NO2. The lowest BCUT2D eigenvalue weighted by Gasteiger charge is -2.15. The molecule has 0 aliphatic rings. The van der Waals surface area contributed by atoms with Crippen LogP contribution in [0.1, 0.15) is 59.3 Å². The van der Waals surface area contributed by atoms with Crippen LogP contribution in [0.5, 0.6) is 0 Å². The topological polar surface area (TPSA) is 49.3 Å². The maximum atomic E-state index is 11.8. The molecule has 2 N–H and O–H groups in total. The van der Waals surface area contributed by atoms with Gasteiger partial charge in [0.1, 0.15) is 0 Å². The van der Waals surface area contributed by atoms with Gasteiger partial charge in [-0.2, -0.15) is 0 Å². The van der Waals surface area contributed by atoms with Crippen LogP contribution in [0.25, 0.3) is 0 Å². The maximum Gasteiger partial charge on any atom is 0.223 e. The average Bonchev–Trinajstić information content (AvgIpc) is 2.23. The first-order valence-corrected chi connectivity index (χ1v) is 6.57. The lowest BCUT2D eigenvalue weighted by Crippen LogP contribution is -2.31. The first kappa shape index (κ1) is 15.4. The Labute approximate surface area is 99.6 Å². The minimum atomic E-state index is -0.265. The van der Waals surface area contributed by atoms with Crippen LogP contribution >= 0.6 is 0 Å². The molecule has 0 radical (unpaired) electrons. The van der Waals surface area contributed by atoms with E-state index in [1.165, 1.54) is 0 Å². The van der Waals surface area contributed by atoms with E-state index in [9.17, 15) is 4.79 Å². The van der Waals surface area contributed by atoms with Crippen molar-refractivity contribution in [3.05, 3.63) is 0 Å². The third kappa shape index (κ3) is 7.69. The van der Waals surface area contributed by atoms with Crippen LogP contribution in [0.15, 0.2) is 0 Å². The predicted molar refractivity (Wildman–Crippen MR) is 67.2 cm³/mol. The molecule has 3 nitrogen and oxygen atoms in total. The number of hydrogen-bond donors (Lipinski definition) is 2. The Morgan fingerprint density at radius 2 is 1.75 bits per heavy atom. The average molecular weight is 229 g/mol. The van der Waals surface area contributed by atoms with Crippen molar-refractivity contribution < 1.29 is 9.90 Å². The van der Waals surface area contributed by atoms with Gasteiger partial charge >= 0.3 is 0 Å². The first-order chi connectivity index (χ1) is 7.61. The van der Waals surface area contributed by atoms with E-state index in [1.807, 2.05) is 0 Å². The summed E-state index contributed by atoms with van der Waals surface area (Å²) in [6, 6.07) is 0. The predicted octanol–water partition coefficient (Wildman–Crippen LogP) is 2.48. The largest absolute Gasteiger partial charge is 0.393 e. The summed E-state index contributed by atoms with van der Waals surface area (Å²) in [5, 5.41) is 12.0. The Bertz CT molecular complexity index is 175. The Kier molecular flexibility index (Phi) is 9.30. The molecule has 1 atom stereocenters. The number of aliphatic hydroxyl groups is 1. The van der Waals surface area contributed by atoms with Gasteiger partial charge in [-0.05, 0) is 32.6 Å². The van der Waals surface area contributed by atoms with Crippen molar-refractivity contribution in [1.29, 1.82) is 0 Å². The fourth-order valence-electron chi connectivity index (χ4n) is 1.86. The zero-order chi connectivity index (χ0) is 12.4. The zero-order valence-corrected chi connectivity index (χ0v) is 11.0. The van der Waals surface area contributed by atoms with Crippen LogP contribution < -0.4 is 5.32 Å². The van der Waals surface area contributed by atoms with Crippen LogP contribution in [0, 0.1) is 5.92 Å². The first-order valence-electron chi connectivity index (χ1n) is 6.57. The van der Waals surface area contributed by atoms with Crippen molar-refractivity contribution in [2.24, 2.45) is 5.92 Å². The Morgan fingerprint density at radius 1 is 1.19 bits per heavy atom. The molecule has 0 spiro atoms. The fraction of sp³-hybridized carbons (Fsp3) is 0.923. The molecule has 3 heteroatoms. The van der Waals surface area contributed by atoms with Crippen LogP contribution in [-0.2, 0) is 4.79 Å². The second-order valence-electron chi connectivity index (χ2n) is 4.56. The quantitative estimate of drug-likeness (QED) is 0.597. The van der Waals surface area contributed by atoms with Crippen LogP contribution in [0.2, 0.25) is 0 Å². The van der Waals surface area contributed by atoms with Crippen LogP contribution in [0.4, 0.5) is 0 Å². The van der Waals surface area contributed by atoms with Crippen molar-refractivity contribution >= 4 is 5.91 Å². The maximum absolute atomic E-state index is 11.8. The fourth-order valence-corrected chi connectivity index (χ4v) is 1.86. The monoisotopic (exact) mass is 229 g/mol. The number of rotatable bonds is 9. The molecule has 1 amide bonds. The standard InChI is InChI=1S/C13H27NO2/c1-4-7-12(8-5-2)13(16)14-10-6-9-11(3)15/h11-12,15H,4-10H2,1-3H3,(H,14,16). The smallest absolute Gasteiger partial charge is 0.223 e. The van der Waals surface area contributed by atoms with Crippen molar-refractivity contribution in [3.63, 3.8) is 0 Å². The summed E-state index contributed by atoms with van der Waals surface area (Å²) in [7, 11) is 0. The second kappa shape index (κ2) is 9.64. The summed E-state index contributed by atoms with van der Waals surface area (Å²) in [6.07, 6.45) is 5.43. The zero-order valence-electron chi connectivity index (χ0n) is 11.0. The Balaban J connectivity index is 3.73. The number of nitrogens with one attached hydrogen (secondary N) is 1. The third-order valence-electron chi connectivity index (χ3n) is 2.74. The molecule has 16 heavy (non-hydrogen) atoms. The van der Waals surface area contributed by atoms with E-state index in [-0.39, 0.29) is 17.9 Å². The third-order valence-corrected chi connectivity index (χ3v) is 2.74. The molecular weight excluding hydrogens is 202 g/mol. The van der Waals surface area contributed by atoms with Gasteiger partial charge in [-0.3, -0.25) is 4.79 Å². The lowest BCUT2D eigenvalue weighted by molar-refractivity contribution is -0.125. The molecule has 0 aliphatic heterocycles. The summed E-state index contributed by atoms with van der Waals surface area (Å²) in [6.45, 7) is 6.69. The Morgan fingerprint density at radius 3 is 2.19 bits per heavy atom. The number of amides is 1. The second-order valence-corrected chi connectivity index (χ2v) is 4.56. The summed E-state index contributed by atoms with van der Waals surface area (Å²) >= 11 is 0. The van der Waals surface area contributed by atoms with E-state index in [4.69, 9.17) is 5.11 Å². The number of aliphatic hydroxyl groups excluding tert-OH is 1. The van der Waals surface area contributed by atoms with E-state index >= 15 is 0 Å². The minimum Gasteiger partial charge on any atom is -0.393 e. The summed E-state index contributed by atoms with van der Waals surface area (Å²) in [4.78, 5) is 11.8. The molecule has 0 saturated carbocycles. The molecule has 0 aliphatic carbocycles. The Hall–Kier alpha value is -0.570. The van der Waals surface area contributed by atoms with Crippen molar-refractivity contribution in [3.8, 4) is 0 Å². The van der Waals surface area contributed by atoms with Gasteiger partial charge in [0.2, 0.25) is 5.91 Å². The minimum absolute atomic E-state index is 0.182. The summed E-state index contributed by atoms with van der Waals surface area (Å²) in [5.74, 6) is 0.371. The van der Waals surface area contributed by atoms with Gasteiger partial charge in [0.25, 0.3) is 0 Å². The lowest BCUT2D eigenvalue weighted by atomic mass is 9.97. The van der Waals surface area contributed by atoms with Crippen molar-refractivity contribution in [1.82, 2.24) is 5.32 Å². The van der Waals surface area contributed by atoms with Gasteiger partial charge < -0.3 is 10.4 Å². The summed E-state index contributed by atoms with van der Waals surface area (Å²) < 4.78 is 0. The molecule has 1 unspecified atom stereocenters. The van der Waals surface area contributed by atoms with Gasteiger partial charge in [-0.1, -0.05) is 26.7 Å². The van der Waals surface area contributed by atoms with Crippen LogP contribution in [-0.4, -0.2) is 23.7 Å². The van der Waals surface area contributed by atoms with Gasteiger partial charge in [-0.25, -0.2) is 0 Å². The number of carbonyl (C=O) groups excluding carboxylic acids is 1. The van der Waals surface area contributed by atoms with Gasteiger partial charge in [-0.15, -0.1) is 0 Å². The normalized spacial score (nSPS) is 12.8. The highest BCUT2D eigenvalue weighted by Crippen LogP contribution is 2.13. The highest BCUT2D eigenvalue weighted by Gasteiger charge is 2.15. The highest BCUT2D eigenvalue weighted by molar-refractivity contribution is 5.78. The summed E-state index contributed by atoms with van der Waals surface area (Å²) in [5.41, 5.74) is 0. The van der Waals surface area contributed by atoms with Crippen molar-refractivity contribution in [2.75, 3.05) is 6.54 Å². The molecule has 0 fully saturated rings. The molecule has 0 saturated heterocycles. The van der Waals surface area contributed by atoms with Gasteiger partial charge in [0.05, 0.1) is 6.10 Å². The van der Waals surface area contributed by atoms with Crippen LogP contribution in [0.3, 0.4) is 0 Å². The van der Waals surface area contributed by atoms with E-state index in [0.29, 0.717) is 6.54 Å².